The van der Waals surface area contributed by atoms with Gasteiger partial charge >= 0.3 is 11.9 Å². The summed E-state index contributed by atoms with van der Waals surface area (Å²) in [5, 5.41) is 2.75. The van der Waals surface area contributed by atoms with Crippen LogP contribution in [0, 0.1) is 0 Å². The Morgan fingerprint density at radius 2 is 1.64 bits per heavy atom. The Morgan fingerprint density at radius 3 is 2.21 bits per heavy atom. The predicted molar refractivity (Wildman–Crippen MR) is 119 cm³/mol. The van der Waals surface area contributed by atoms with Crippen LogP contribution < -0.4 is 5.32 Å². The van der Waals surface area contributed by atoms with Crippen molar-refractivity contribution in [3.63, 3.8) is 0 Å². The molecule has 33 heavy (non-hydrogen) atoms. The third-order valence-corrected chi connectivity index (χ3v) is 4.94. The molecule has 0 bridgehead atoms. The van der Waals surface area contributed by atoms with Gasteiger partial charge in [0.25, 0.3) is 0 Å². The molecular formula is C25H27NO7. The van der Waals surface area contributed by atoms with Crippen LogP contribution in [0.2, 0.25) is 0 Å². The van der Waals surface area contributed by atoms with Gasteiger partial charge in [-0.1, -0.05) is 42.5 Å². The number of ether oxygens (including phenoxy) is 4. The van der Waals surface area contributed by atoms with Gasteiger partial charge in [-0.15, -0.1) is 6.58 Å². The number of carbonyl (C=O) groups excluding carboxylic acids is 3. The zero-order valence-corrected chi connectivity index (χ0v) is 18.3. The lowest BCUT2D eigenvalue weighted by atomic mass is 9.99. The van der Waals surface area contributed by atoms with Gasteiger partial charge in [-0.05, 0) is 24.3 Å². The molecule has 2 aromatic rings. The summed E-state index contributed by atoms with van der Waals surface area (Å²) in [6.45, 7) is 5.06. The molecule has 8 heteroatoms. The highest BCUT2D eigenvalue weighted by molar-refractivity contribution is 5.90. The lowest BCUT2D eigenvalue weighted by Gasteiger charge is -2.40. The molecule has 1 heterocycles. The predicted octanol–water partition coefficient (Wildman–Crippen LogP) is 2.89. The van der Waals surface area contributed by atoms with Crippen LogP contribution in [0.1, 0.15) is 34.1 Å². The average Bonchev–Trinajstić information content (AvgIpc) is 2.83. The van der Waals surface area contributed by atoms with Crippen LogP contribution in [-0.2, 0) is 23.7 Å². The van der Waals surface area contributed by atoms with E-state index >= 15 is 0 Å². The van der Waals surface area contributed by atoms with E-state index in [1.54, 1.807) is 60.7 Å². The van der Waals surface area contributed by atoms with E-state index < -0.39 is 36.5 Å². The highest BCUT2D eigenvalue weighted by Gasteiger charge is 2.42. The Bertz CT molecular complexity index is 948. The van der Waals surface area contributed by atoms with Gasteiger partial charge in [-0.25, -0.2) is 9.59 Å². The number of carbonyl (C=O) groups is 3. The van der Waals surface area contributed by atoms with E-state index in [2.05, 4.69) is 11.9 Å². The summed E-state index contributed by atoms with van der Waals surface area (Å²) in [6, 6.07) is 16.4. The van der Waals surface area contributed by atoms with E-state index in [0.717, 1.165) is 0 Å². The molecule has 1 aliphatic heterocycles. The molecule has 1 amide bonds. The van der Waals surface area contributed by atoms with E-state index in [0.29, 0.717) is 11.1 Å². The molecule has 4 atom stereocenters. The van der Waals surface area contributed by atoms with Crippen molar-refractivity contribution in [2.75, 3.05) is 13.2 Å². The molecule has 0 saturated carbocycles. The van der Waals surface area contributed by atoms with E-state index in [4.69, 9.17) is 18.9 Å². The molecule has 2 aromatic carbocycles. The Labute approximate surface area is 192 Å². The first-order valence-corrected chi connectivity index (χ1v) is 10.6. The Morgan fingerprint density at radius 1 is 1.03 bits per heavy atom. The standard InChI is InChI=1S/C25H27NO7/c1-3-14-30-25-22(26-17(2)27)21(33-24(29)19-12-8-5-9-13-19)15-20(32-25)16-31-23(28)18-10-6-4-7-11-18/h3-13,20-22,25H,1,14-16H2,2H3,(H,26,27)/t20-,21-,22+,25-/m0/s1. The third kappa shape index (κ3) is 7.00. The maximum atomic E-state index is 12.7. The van der Waals surface area contributed by atoms with Crippen molar-refractivity contribution in [2.24, 2.45) is 0 Å². The molecule has 0 unspecified atom stereocenters. The second kappa shape index (κ2) is 11.9. The van der Waals surface area contributed by atoms with Gasteiger partial charge in [0, 0.05) is 13.3 Å². The number of hydrogen-bond donors (Lipinski definition) is 1. The van der Waals surface area contributed by atoms with Crippen molar-refractivity contribution in [3.8, 4) is 0 Å². The number of nitrogens with one attached hydrogen (secondary N) is 1. The van der Waals surface area contributed by atoms with E-state index in [1.807, 2.05) is 0 Å². The van der Waals surface area contributed by atoms with Crippen molar-refractivity contribution in [3.05, 3.63) is 84.4 Å². The smallest absolute Gasteiger partial charge is 0.338 e. The summed E-state index contributed by atoms with van der Waals surface area (Å²) in [4.78, 5) is 36.9. The number of rotatable bonds is 9. The van der Waals surface area contributed by atoms with Crippen molar-refractivity contribution < 1.29 is 33.3 Å². The van der Waals surface area contributed by atoms with Gasteiger partial charge in [-0.2, -0.15) is 0 Å². The summed E-state index contributed by atoms with van der Waals surface area (Å²) in [5.41, 5.74) is 0.789. The molecule has 0 aliphatic carbocycles. The zero-order valence-electron chi connectivity index (χ0n) is 18.3. The number of hydrogen-bond acceptors (Lipinski definition) is 7. The summed E-state index contributed by atoms with van der Waals surface area (Å²) in [6.07, 6.45) is -0.594. The van der Waals surface area contributed by atoms with Crippen LogP contribution >= 0.6 is 0 Å². The zero-order chi connectivity index (χ0) is 23.6. The second-order valence-corrected chi connectivity index (χ2v) is 7.48. The minimum atomic E-state index is -0.936. The fourth-order valence-electron chi connectivity index (χ4n) is 3.45. The van der Waals surface area contributed by atoms with Crippen LogP contribution in [0.4, 0.5) is 0 Å². The molecule has 1 saturated heterocycles. The van der Waals surface area contributed by atoms with Crippen molar-refractivity contribution in [2.45, 2.75) is 37.9 Å². The first-order chi connectivity index (χ1) is 16.0. The second-order valence-electron chi connectivity index (χ2n) is 7.48. The van der Waals surface area contributed by atoms with Crippen LogP contribution in [0.5, 0.6) is 0 Å². The Balaban J connectivity index is 1.74. The summed E-state index contributed by atoms with van der Waals surface area (Å²) < 4.78 is 22.8. The molecular weight excluding hydrogens is 426 g/mol. The van der Waals surface area contributed by atoms with E-state index in [9.17, 15) is 14.4 Å². The molecule has 3 rings (SSSR count). The molecule has 0 radical (unpaired) electrons. The molecule has 0 aromatic heterocycles. The van der Waals surface area contributed by atoms with Gasteiger partial charge in [0.05, 0.1) is 23.8 Å². The first-order valence-electron chi connectivity index (χ1n) is 10.6. The number of benzene rings is 2. The fourth-order valence-corrected chi connectivity index (χ4v) is 3.45. The van der Waals surface area contributed by atoms with Crippen molar-refractivity contribution in [1.29, 1.82) is 0 Å². The summed E-state index contributed by atoms with van der Waals surface area (Å²) in [7, 11) is 0. The molecule has 1 N–H and O–H groups in total. The minimum absolute atomic E-state index is 0.0755. The number of esters is 2. The Hall–Kier alpha value is -3.49. The molecule has 0 spiro atoms. The maximum Gasteiger partial charge on any atom is 0.338 e. The van der Waals surface area contributed by atoms with Gasteiger partial charge in [-0.3, -0.25) is 4.79 Å². The van der Waals surface area contributed by atoms with Crippen LogP contribution in [0.25, 0.3) is 0 Å². The third-order valence-electron chi connectivity index (χ3n) is 4.94. The number of amides is 1. The SMILES string of the molecule is C=CCO[C@H]1O[C@H](COC(=O)c2ccccc2)C[C@H](OC(=O)c2ccccc2)[C@H]1NC(C)=O. The topological polar surface area (TPSA) is 100 Å². The van der Waals surface area contributed by atoms with Crippen LogP contribution in [-0.4, -0.2) is 55.6 Å². The fraction of sp³-hybridized carbons (Fsp3) is 0.320. The first kappa shape index (κ1) is 24.2. The van der Waals surface area contributed by atoms with Gasteiger partial charge in [0.1, 0.15) is 18.8 Å². The molecule has 1 aliphatic rings. The highest BCUT2D eigenvalue weighted by Crippen LogP contribution is 2.26. The van der Waals surface area contributed by atoms with E-state index in [1.165, 1.54) is 13.0 Å². The Kier molecular flexibility index (Phi) is 8.74. The monoisotopic (exact) mass is 453 g/mol. The summed E-state index contributed by atoms with van der Waals surface area (Å²) >= 11 is 0. The van der Waals surface area contributed by atoms with Crippen LogP contribution in [0.3, 0.4) is 0 Å². The van der Waals surface area contributed by atoms with E-state index in [-0.39, 0.29) is 25.5 Å². The van der Waals surface area contributed by atoms with Gasteiger partial charge in [0.15, 0.2) is 6.29 Å². The average molecular weight is 453 g/mol. The largest absolute Gasteiger partial charge is 0.459 e. The lowest BCUT2D eigenvalue weighted by Crippen LogP contribution is -2.59. The molecule has 174 valence electrons. The van der Waals surface area contributed by atoms with Gasteiger partial charge < -0.3 is 24.3 Å². The normalized spacial score (nSPS) is 22.1. The maximum absolute atomic E-state index is 12.7. The molecule has 8 nitrogen and oxygen atoms in total. The minimum Gasteiger partial charge on any atom is -0.459 e. The quantitative estimate of drug-likeness (QED) is 0.460. The molecule has 1 fully saturated rings. The highest BCUT2D eigenvalue weighted by atomic mass is 16.7. The lowest BCUT2D eigenvalue weighted by molar-refractivity contribution is -0.232. The van der Waals surface area contributed by atoms with Crippen LogP contribution in [0.15, 0.2) is 73.3 Å². The summed E-state index contributed by atoms with van der Waals surface area (Å²) in [5.74, 6) is -1.37. The van der Waals surface area contributed by atoms with Crippen molar-refractivity contribution in [1.82, 2.24) is 5.32 Å². The van der Waals surface area contributed by atoms with Gasteiger partial charge in [0.2, 0.25) is 5.91 Å². The van der Waals surface area contributed by atoms with Crippen molar-refractivity contribution >= 4 is 17.8 Å².